The first-order chi connectivity index (χ1) is 9.79. The van der Waals surface area contributed by atoms with Gasteiger partial charge in [-0.15, -0.1) is 0 Å². The summed E-state index contributed by atoms with van der Waals surface area (Å²) in [5.41, 5.74) is 9.00. The van der Waals surface area contributed by atoms with Crippen LogP contribution in [0.2, 0.25) is 0 Å². The van der Waals surface area contributed by atoms with Crippen LogP contribution < -0.4 is 15.4 Å². The van der Waals surface area contributed by atoms with E-state index in [1.54, 1.807) is 0 Å². The molecule has 0 aliphatic carbocycles. The summed E-state index contributed by atoms with van der Waals surface area (Å²) in [7, 11) is 0. The number of para-hydroxylation sites is 2. The molecule has 104 valence electrons. The minimum Gasteiger partial charge on any atom is -0.491 e. The Morgan fingerprint density at radius 1 is 1.25 bits per heavy atom. The van der Waals surface area contributed by atoms with Gasteiger partial charge in [-0.2, -0.15) is 0 Å². The molecule has 0 amide bonds. The topological polar surface area (TPSA) is 51.4 Å². The lowest BCUT2D eigenvalue weighted by Gasteiger charge is -2.25. The van der Waals surface area contributed by atoms with Crippen molar-refractivity contribution in [3.8, 4) is 5.75 Å². The van der Waals surface area contributed by atoms with Crippen LogP contribution in [0.5, 0.6) is 5.75 Å². The molecule has 1 aliphatic rings. The lowest BCUT2D eigenvalue weighted by molar-refractivity contribution is 0.322. The second kappa shape index (κ2) is 5.51. The van der Waals surface area contributed by atoms with Crippen LogP contribution in [0, 0.1) is 6.92 Å². The minimum absolute atomic E-state index is 0.488. The van der Waals surface area contributed by atoms with E-state index < -0.39 is 0 Å². The van der Waals surface area contributed by atoms with Crippen molar-refractivity contribution in [3.63, 3.8) is 0 Å². The molecule has 1 aliphatic heterocycles. The van der Waals surface area contributed by atoms with Crippen LogP contribution in [0.4, 0.5) is 11.5 Å². The van der Waals surface area contributed by atoms with Gasteiger partial charge >= 0.3 is 0 Å². The van der Waals surface area contributed by atoms with Crippen molar-refractivity contribution in [1.29, 1.82) is 0 Å². The average molecular weight is 269 g/mol. The molecule has 0 atom stereocenters. The first-order valence-electron chi connectivity index (χ1n) is 6.95. The Kier molecular flexibility index (Phi) is 3.56. The van der Waals surface area contributed by atoms with Crippen molar-refractivity contribution in [2.24, 2.45) is 5.73 Å². The molecule has 1 aromatic heterocycles. The van der Waals surface area contributed by atoms with Crippen LogP contribution >= 0.6 is 0 Å². The SMILES string of the molecule is Cc1ccc(CN)c(N2CCCOc3ccccc32)n1. The Morgan fingerprint density at radius 3 is 2.95 bits per heavy atom. The number of aryl methyl sites for hydroxylation is 1. The summed E-state index contributed by atoms with van der Waals surface area (Å²) in [6, 6.07) is 12.2. The third-order valence-corrected chi connectivity index (χ3v) is 3.51. The number of hydrogen-bond acceptors (Lipinski definition) is 4. The number of benzene rings is 1. The molecule has 2 heterocycles. The summed E-state index contributed by atoms with van der Waals surface area (Å²) in [4.78, 5) is 6.92. The van der Waals surface area contributed by atoms with E-state index in [1.165, 1.54) is 0 Å². The second-order valence-electron chi connectivity index (χ2n) is 4.96. The van der Waals surface area contributed by atoms with Crippen molar-refractivity contribution in [3.05, 3.63) is 47.7 Å². The van der Waals surface area contributed by atoms with Gasteiger partial charge in [0, 0.05) is 24.3 Å². The molecule has 3 rings (SSSR count). The number of nitrogens with two attached hydrogens (primary N) is 1. The van der Waals surface area contributed by atoms with Gasteiger partial charge in [0.15, 0.2) is 0 Å². The molecule has 0 fully saturated rings. The Bertz CT molecular complexity index is 612. The molecular weight excluding hydrogens is 250 g/mol. The molecule has 0 saturated carbocycles. The molecule has 0 bridgehead atoms. The summed E-state index contributed by atoms with van der Waals surface area (Å²) < 4.78 is 5.80. The van der Waals surface area contributed by atoms with Crippen molar-refractivity contribution < 1.29 is 4.74 Å². The van der Waals surface area contributed by atoms with Gasteiger partial charge in [0.2, 0.25) is 0 Å². The summed E-state index contributed by atoms with van der Waals surface area (Å²) in [6.45, 7) is 4.11. The quantitative estimate of drug-likeness (QED) is 0.910. The fraction of sp³-hybridized carbons (Fsp3) is 0.312. The highest BCUT2D eigenvalue weighted by Crippen LogP contribution is 2.36. The number of rotatable bonds is 2. The second-order valence-corrected chi connectivity index (χ2v) is 4.96. The van der Waals surface area contributed by atoms with Gasteiger partial charge < -0.3 is 15.4 Å². The largest absolute Gasteiger partial charge is 0.491 e. The van der Waals surface area contributed by atoms with Gasteiger partial charge in [-0.05, 0) is 31.5 Å². The fourth-order valence-corrected chi connectivity index (χ4v) is 2.51. The van der Waals surface area contributed by atoms with Crippen LogP contribution in [0.1, 0.15) is 17.7 Å². The van der Waals surface area contributed by atoms with E-state index in [1.807, 2.05) is 31.2 Å². The van der Waals surface area contributed by atoms with E-state index in [2.05, 4.69) is 17.0 Å². The molecule has 0 saturated heterocycles. The number of aromatic nitrogens is 1. The van der Waals surface area contributed by atoms with Gasteiger partial charge in [-0.25, -0.2) is 4.98 Å². The number of hydrogen-bond donors (Lipinski definition) is 1. The molecule has 2 aromatic rings. The first kappa shape index (κ1) is 12.9. The number of ether oxygens (including phenoxy) is 1. The highest BCUT2D eigenvalue weighted by atomic mass is 16.5. The Hall–Kier alpha value is -2.07. The predicted molar refractivity (Wildman–Crippen MR) is 80.4 cm³/mol. The van der Waals surface area contributed by atoms with Crippen molar-refractivity contribution in [1.82, 2.24) is 4.98 Å². The van der Waals surface area contributed by atoms with Crippen LogP contribution in [-0.2, 0) is 6.54 Å². The molecular formula is C16H19N3O. The van der Waals surface area contributed by atoms with E-state index in [-0.39, 0.29) is 0 Å². The number of nitrogens with zero attached hydrogens (tertiary/aromatic N) is 2. The van der Waals surface area contributed by atoms with Gasteiger partial charge in [-0.3, -0.25) is 0 Å². The zero-order valence-corrected chi connectivity index (χ0v) is 11.7. The molecule has 4 heteroatoms. The van der Waals surface area contributed by atoms with Crippen molar-refractivity contribution >= 4 is 11.5 Å². The standard InChI is InChI=1S/C16H19N3O/c1-12-7-8-13(11-17)16(18-12)19-9-4-10-20-15-6-3-2-5-14(15)19/h2-3,5-8H,4,9-11,17H2,1H3. The van der Waals surface area contributed by atoms with E-state index in [4.69, 9.17) is 15.5 Å². The maximum atomic E-state index is 5.87. The van der Waals surface area contributed by atoms with Gasteiger partial charge in [0.25, 0.3) is 0 Å². The Balaban J connectivity index is 2.12. The lowest BCUT2D eigenvalue weighted by Crippen LogP contribution is -2.21. The third kappa shape index (κ3) is 2.34. The van der Waals surface area contributed by atoms with Crippen molar-refractivity contribution in [2.45, 2.75) is 19.9 Å². The number of anilines is 2. The van der Waals surface area contributed by atoms with Crippen LogP contribution in [0.25, 0.3) is 0 Å². The van der Waals surface area contributed by atoms with E-state index in [0.29, 0.717) is 6.54 Å². The molecule has 20 heavy (non-hydrogen) atoms. The van der Waals surface area contributed by atoms with Gasteiger partial charge in [0.1, 0.15) is 11.6 Å². The van der Waals surface area contributed by atoms with Crippen LogP contribution in [-0.4, -0.2) is 18.1 Å². The average Bonchev–Trinajstić information content (AvgIpc) is 2.69. The Morgan fingerprint density at radius 2 is 2.10 bits per heavy atom. The molecule has 1 aromatic carbocycles. The fourth-order valence-electron chi connectivity index (χ4n) is 2.51. The molecule has 0 radical (unpaired) electrons. The summed E-state index contributed by atoms with van der Waals surface area (Å²) in [5, 5.41) is 0. The highest BCUT2D eigenvalue weighted by Gasteiger charge is 2.20. The molecule has 0 unspecified atom stereocenters. The lowest BCUT2D eigenvalue weighted by atomic mass is 10.2. The maximum absolute atomic E-state index is 5.87. The van der Waals surface area contributed by atoms with E-state index in [9.17, 15) is 0 Å². The third-order valence-electron chi connectivity index (χ3n) is 3.51. The summed E-state index contributed by atoms with van der Waals surface area (Å²) in [6.07, 6.45) is 0.967. The Labute approximate surface area is 119 Å². The number of pyridine rings is 1. The van der Waals surface area contributed by atoms with Crippen LogP contribution in [0.15, 0.2) is 36.4 Å². The highest BCUT2D eigenvalue weighted by molar-refractivity contribution is 5.69. The zero-order chi connectivity index (χ0) is 13.9. The molecule has 0 spiro atoms. The summed E-state index contributed by atoms with van der Waals surface area (Å²) >= 11 is 0. The maximum Gasteiger partial charge on any atom is 0.142 e. The van der Waals surface area contributed by atoms with E-state index in [0.717, 1.165) is 48.1 Å². The first-order valence-corrected chi connectivity index (χ1v) is 6.95. The van der Waals surface area contributed by atoms with Gasteiger partial charge in [0.05, 0.1) is 12.3 Å². The normalized spacial score (nSPS) is 14.4. The monoisotopic (exact) mass is 269 g/mol. The molecule has 4 nitrogen and oxygen atoms in total. The summed E-state index contributed by atoms with van der Waals surface area (Å²) in [5.74, 6) is 1.86. The molecule has 2 N–H and O–H groups in total. The van der Waals surface area contributed by atoms with E-state index >= 15 is 0 Å². The van der Waals surface area contributed by atoms with Crippen molar-refractivity contribution in [2.75, 3.05) is 18.1 Å². The minimum atomic E-state index is 0.488. The zero-order valence-electron chi connectivity index (χ0n) is 11.7. The van der Waals surface area contributed by atoms with Gasteiger partial charge in [-0.1, -0.05) is 18.2 Å². The smallest absolute Gasteiger partial charge is 0.142 e. The predicted octanol–water partition coefficient (Wildman–Crippen LogP) is 2.77. The van der Waals surface area contributed by atoms with Crippen LogP contribution in [0.3, 0.4) is 0 Å². The number of fused-ring (bicyclic) bond motifs is 1.